The van der Waals surface area contributed by atoms with Crippen LogP contribution in [0.15, 0.2) is 418 Å². The summed E-state index contributed by atoms with van der Waals surface area (Å²) >= 11 is 0. The number of benzene rings is 17. The molecule has 0 unspecified atom stereocenters. The van der Waals surface area contributed by atoms with Crippen LogP contribution in [0.25, 0.3) is 122 Å². The van der Waals surface area contributed by atoms with Gasteiger partial charge in [-0.3, -0.25) is 0 Å². The second-order valence-corrected chi connectivity index (χ2v) is 36.5. The normalized spacial score (nSPS) is 15.6. The van der Waals surface area contributed by atoms with Gasteiger partial charge in [-0.05, 0) is 186 Å². The Kier molecular flexibility index (Phi) is 17.0. The molecule has 0 atom stereocenters. The zero-order valence-corrected chi connectivity index (χ0v) is 81.9. The molecule has 4 aromatic heterocycles. The van der Waals surface area contributed by atoms with E-state index in [1.807, 2.05) is 131 Å². The predicted molar refractivity (Wildman–Crippen MR) is 572 cm³/mol. The maximum absolute atomic E-state index is 9.49. The van der Waals surface area contributed by atoms with Gasteiger partial charge in [-0.2, -0.15) is 107 Å². The van der Waals surface area contributed by atoms with Crippen molar-refractivity contribution in [2.45, 2.75) is 97.8 Å². The molecule has 6 heterocycles. The first kappa shape index (κ1) is 62.9. The molecule has 686 valence electrons. The Bertz CT molecular complexity index is 9800. The smallest absolute Gasteiger partial charge is 0.135 e. The summed E-state index contributed by atoms with van der Waals surface area (Å²) in [5, 5.41) is 4.11. The fourth-order valence-corrected chi connectivity index (χ4v) is 19.1. The molecule has 0 saturated heterocycles. The molecule has 23 rings (SSSR count). The van der Waals surface area contributed by atoms with Crippen molar-refractivity contribution in [1.82, 2.24) is 19.1 Å². The minimum absolute atomic E-state index is 0. The number of anilines is 8. The molecule has 21 aromatic rings. The minimum Gasteiger partial charge on any atom is -0.493 e. The van der Waals surface area contributed by atoms with Crippen molar-refractivity contribution in [1.29, 1.82) is 0 Å². The van der Waals surface area contributed by atoms with Crippen molar-refractivity contribution in [2.24, 2.45) is 0 Å². The maximum Gasteiger partial charge on any atom is 0.135 e. The molecule has 17 aromatic carbocycles. The summed E-state index contributed by atoms with van der Waals surface area (Å²) in [6.45, 7) is 25.8. The van der Waals surface area contributed by atoms with Crippen LogP contribution in [0, 0.1) is 51.5 Å². The van der Waals surface area contributed by atoms with E-state index in [2.05, 4.69) is 175 Å². The largest absolute Gasteiger partial charge is 0.493 e. The topological polar surface area (TPSA) is 48.6 Å². The number of hydrogen-bond acceptors (Lipinski definition) is 6. The molecule has 2 aliphatic rings. The summed E-state index contributed by atoms with van der Waals surface area (Å²) < 4.78 is 274. The Labute approximate surface area is 888 Å². The second kappa shape index (κ2) is 37.6. The summed E-state index contributed by atoms with van der Waals surface area (Å²) in [4.78, 5) is 16.9. The van der Waals surface area contributed by atoms with E-state index >= 15 is 0 Å². The number of fused-ring (bicyclic) bond motifs is 8. The molecule has 0 saturated carbocycles. The standard InChI is InChI=1S/C66H51N4.C63H53N4.2Pt/c1-65(2,50-28-15-8-16-29-50)53-38-39-67-63(44-53)70-59-33-18-17-32-55(59)56-37-36-52(43-62(56)70)66(3,4)51-30-21-31-54(42-51)68-45-69(61-35-20-19-34-60(61)68)64-57(47-24-11-6-12-25-47)40-49(46-22-9-5-10-23-46)41-58(64)48-26-13-7-14-27-48;1-42-58(44-22-11-8-12-23-44)43(2)60(46-26-15-10-16-27-46)61(59(42)45-24-13-9-14-25-45)66-41-65(54-32-19-20-33-55(54)66)50-29-21-28-48(38-50)63(6,7)49-34-35-52-51-30-17-18-31-53(51)67(56(52)39-49)57-40-47(36-37-64-57)62(3,4)5;;/h5-41,44-45H,1-4H3;8-37,40-41H,1-7H3;;/q2*-3;;/i5D,6D,7D,9D,10D,11D,12D,13D,14D,22D,23D,24D,25D,26D,27D;8D,9D,10D,11D,12D,13D,14D,15D,16D,22D,23D,24D,25D,26D,27D;;. The first-order valence-electron chi connectivity index (χ1n) is 60.0. The molecular weight excluding hydrogens is 2050 g/mol. The van der Waals surface area contributed by atoms with Crippen LogP contribution < -0.4 is 19.6 Å². The fourth-order valence-electron chi connectivity index (χ4n) is 19.1. The molecule has 8 nitrogen and oxygen atoms in total. The van der Waals surface area contributed by atoms with Crippen LogP contribution in [0.1, 0.15) is 154 Å². The van der Waals surface area contributed by atoms with Crippen molar-refractivity contribution in [3.63, 3.8) is 0 Å². The number of rotatable bonds is 18. The third kappa shape index (κ3) is 16.7. The van der Waals surface area contributed by atoms with Gasteiger partial charge in [-0.15, -0.1) is 35.5 Å². The van der Waals surface area contributed by atoms with Gasteiger partial charge in [-0.1, -0.05) is 346 Å². The van der Waals surface area contributed by atoms with E-state index in [9.17, 15) is 13.7 Å². The number of nitrogens with zero attached hydrogens (tertiary/aromatic N) is 8. The van der Waals surface area contributed by atoms with Crippen molar-refractivity contribution >= 4 is 89.1 Å². The van der Waals surface area contributed by atoms with E-state index in [4.69, 9.17) is 37.4 Å². The molecule has 0 aliphatic carbocycles. The summed E-state index contributed by atoms with van der Waals surface area (Å²) in [7, 11) is 0. The van der Waals surface area contributed by atoms with E-state index in [-0.39, 0.29) is 142 Å². The maximum atomic E-state index is 9.49. The Morgan fingerprint density at radius 3 is 1.06 bits per heavy atom. The number of pyridine rings is 2. The Morgan fingerprint density at radius 1 is 0.281 bits per heavy atom. The summed E-state index contributed by atoms with van der Waals surface area (Å²) in [6, 6.07) is 67.3. The van der Waals surface area contributed by atoms with Gasteiger partial charge in [0.05, 0.1) is 41.1 Å². The van der Waals surface area contributed by atoms with Crippen molar-refractivity contribution < 1.29 is 83.3 Å². The first-order valence-corrected chi connectivity index (χ1v) is 45.0. The van der Waals surface area contributed by atoms with Crippen molar-refractivity contribution in [2.75, 3.05) is 19.6 Å². The van der Waals surface area contributed by atoms with Gasteiger partial charge in [0.15, 0.2) is 0 Å². The van der Waals surface area contributed by atoms with Gasteiger partial charge in [0, 0.05) is 127 Å². The molecule has 0 bridgehead atoms. The van der Waals surface area contributed by atoms with Gasteiger partial charge in [0.25, 0.3) is 0 Å². The molecule has 10 heteroatoms. The van der Waals surface area contributed by atoms with Crippen molar-refractivity contribution in [3.05, 3.63) is 506 Å². The van der Waals surface area contributed by atoms with Gasteiger partial charge in [-0.25, -0.2) is 9.97 Å². The van der Waals surface area contributed by atoms with Crippen LogP contribution in [0.5, 0.6) is 0 Å². The van der Waals surface area contributed by atoms with E-state index in [1.54, 1.807) is 61.3 Å². The van der Waals surface area contributed by atoms with Crippen LogP contribution >= 0.6 is 0 Å². The molecular formula is C129H104N8Pt2-6. The summed E-state index contributed by atoms with van der Waals surface area (Å²) in [5.74, 6) is 1.51. The Balaban J connectivity index is 0.000000197. The second-order valence-electron chi connectivity index (χ2n) is 36.5. The summed E-state index contributed by atoms with van der Waals surface area (Å²) in [5.41, 5.74) is 9.17. The molecule has 2 aliphatic heterocycles. The first-order chi connectivity index (χ1) is 79.1. The SMILES string of the molecule is [2H]c1c([2H])c([2H])c(-c2c(C)c(-c3c([2H])c([2H])c([2H])c([2H])c3[2H])c(N3[CH-]N(c4[c-]c(C(C)(C)c5[c-]c6c(cc5)c5ccccc5n6-c5cc(C(C)(C)C)ccn5)ccc4)c4ccccc43)c(-c3c([2H])c([2H])c([2H])c([2H])c3[2H])c2C)c([2H])c1[2H].[2H]c1c([2H])c([2H])c(-c2cc(-c3c([2H])c([2H])c([2H])c([2H])c3[2H])c(N3[CH-]N(c4[c-]c(C(C)(C)c5[c-]c6c(cc5)c5ccccc5n6-c5cc(C(C)(C)c6ccccc6)ccn5)ccc4)c4ccccc43)c(-c3c([2H])c([2H])c([2H])c([2H])c3[2H])c2)c([2H])c1[2H].[Pt].[Pt]. The zero-order chi connectivity index (χ0) is 120. The monoisotopic (exact) mass is 2180 g/mol. The van der Waals surface area contributed by atoms with Crippen LogP contribution in [-0.2, 0) is 63.8 Å². The number of aromatic nitrogens is 4. The fraction of sp³-hybridized carbons (Fsp3) is 0.116. The number of para-hydroxylation sites is 6. The minimum atomic E-state index is -0.753. The molecule has 139 heavy (non-hydrogen) atoms. The average Bonchev–Trinajstić information content (AvgIpc) is 1.51. The molecule has 0 fully saturated rings. The molecule has 0 spiro atoms. The summed E-state index contributed by atoms with van der Waals surface area (Å²) in [6.07, 6.45) is 3.69. The van der Waals surface area contributed by atoms with Crippen LogP contribution in [0.4, 0.5) is 45.5 Å². The Morgan fingerprint density at radius 2 is 0.633 bits per heavy atom. The van der Waals surface area contributed by atoms with Crippen LogP contribution in [0.3, 0.4) is 0 Å². The molecule has 0 radical (unpaired) electrons. The molecule has 0 amide bonds. The molecule has 0 N–H and O–H groups in total. The average molecular weight is 2190 g/mol. The van der Waals surface area contributed by atoms with Gasteiger partial charge in [0.2, 0.25) is 0 Å². The zero-order valence-electron chi connectivity index (χ0n) is 107. The van der Waals surface area contributed by atoms with E-state index in [0.717, 1.165) is 88.6 Å². The third-order valence-corrected chi connectivity index (χ3v) is 26.4. The third-order valence-electron chi connectivity index (χ3n) is 26.4. The predicted octanol–water partition coefficient (Wildman–Crippen LogP) is 33.3. The van der Waals surface area contributed by atoms with Crippen LogP contribution in [0.2, 0.25) is 0 Å². The van der Waals surface area contributed by atoms with Crippen LogP contribution in [-0.4, -0.2) is 19.1 Å². The van der Waals surface area contributed by atoms with Gasteiger partial charge < -0.3 is 28.7 Å². The van der Waals surface area contributed by atoms with Crippen molar-refractivity contribution in [3.8, 4) is 78.4 Å². The van der Waals surface area contributed by atoms with E-state index < -0.39 is 192 Å². The van der Waals surface area contributed by atoms with Gasteiger partial charge in [0.1, 0.15) is 11.6 Å². The van der Waals surface area contributed by atoms with E-state index in [0.29, 0.717) is 34.1 Å². The van der Waals surface area contributed by atoms with E-state index in [1.165, 1.54) is 17.7 Å². The van der Waals surface area contributed by atoms with Gasteiger partial charge >= 0.3 is 0 Å². The quantitative estimate of drug-likeness (QED) is 0.0798. The number of hydrogen-bond donors (Lipinski definition) is 0. The Hall–Kier alpha value is -14.8.